The van der Waals surface area contributed by atoms with Crippen molar-refractivity contribution < 1.29 is 23.3 Å². The van der Waals surface area contributed by atoms with E-state index in [1.54, 1.807) is 4.67 Å². The Bertz CT molecular complexity index is 587. The highest BCUT2D eigenvalue weighted by Crippen LogP contribution is 2.53. The standard InChI is InChI=1S/C20H42B2N3O5P/c1-23(2)31(26,28-15-17-10-24(3)12-19(21)29-17)25-11-18(30-20(22)13-25)14-27-16-8-6-4-5-7-9-16/h16-20H,4-15,21-22H2,1-3H3. The molecule has 8 nitrogen and oxygen atoms in total. The van der Waals surface area contributed by atoms with Gasteiger partial charge in [-0.05, 0) is 34.0 Å². The van der Waals surface area contributed by atoms with Crippen molar-refractivity contribution in [1.29, 1.82) is 0 Å². The maximum absolute atomic E-state index is 14.0. The highest BCUT2D eigenvalue weighted by Gasteiger charge is 2.41. The molecule has 0 bridgehead atoms. The van der Waals surface area contributed by atoms with Crippen LogP contribution in [-0.4, -0.2) is 121 Å². The second-order valence-corrected chi connectivity index (χ2v) is 12.4. The van der Waals surface area contributed by atoms with Crippen LogP contribution in [-0.2, 0) is 23.3 Å². The summed E-state index contributed by atoms with van der Waals surface area (Å²) in [4.78, 5) is 2.24. The Morgan fingerprint density at radius 1 is 0.935 bits per heavy atom. The van der Waals surface area contributed by atoms with E-state index in [-0.39, 0.29) is 24.2 Å². The molecular weight excluding hydrogens is 415 g/mol. The summed E-state index contributed by atoms with van der Waals surface area (Å²) in [5.41, 5.74) is 0. The number of likely N-dealkylation sites (N-methyl/N-ethyl adjacent to an activating group) is 1. The Labute approximate surface area is 190 Å². The fourth-order valence-corrected chi connectivity index (χ4v) is 7.05. The molecule has 0 aromatic rings. The van der Waals surface area contributed by atoms with Gasteiger partial charge in [-0.15, -0.1) is 0 Å². The summed E-state index contributed by atoms with van der Waals surface area (Å²) >= 11 is 0. The number of nitrogens with zero attached hydrogens (tertiary/aromatic N) is 3. The molecule has 3 rings (SSSR count). The summed E-state index contributed by atoms with van der Waals surface area (Å²) in [6.45, 7) is 3.69. The highest BCUT2D eigenvalue weighted by atomic mass is 31.2. The molecule has 1 saturated carbocycles. The lowest BCUT2D eigenvalue weighted by Gasteiger charge is -2.43. The zero-order valence-corrected chi connectivity index (χ0v) is 21.1. The molecule has 0 N–H and O–H groups in total. The minimum Gasteiger partial charge on any atom is -0.379 e. The summed E-state index contributed by atoms with van der Waals surface area (Å²) in [6, 6.07) is 0.130. The lowest BCUT2D eigenvalue weighted by Crippen LogP contribution is -2.51. The minimum absolute atomic E-state index is 0.0227. The van der Waals surface area contributed by atoms with E-state index in [1.165, 1.54) is 25.7 Å². The molecule has 0 aromatic heterocycles. The van der Waals surface area contributed by atoms with Crippen LogP contribution in [0, 0.1) is 0 Å². The summed E-state index contributed by atoms with van der Waals surface area (Å²) < 4.78 is 42.2. The van der Waals surface area contributed by atoms with Crippen molar-refractivity contribution in [3.63, 3.8) is 0 Å². The fourth-order valence-electron chi connectivity index (χ4n) is 4.97. The molecule has 2 heterocycles. The van der Waals surface area contributed by atoms with Gasteiger partial charge in [0, 0.05) is 38.2 Å². The zero-order valence-electron chi connectivity index (χ0n) is 20.2. The van der Waals surface area contributed by atoms with Gasteiger partial charge in [-0.2, -0.15) is 0 Å². The van der Waals surface area contributed by atoms with E-state index in [1.807, 2.05) is 26.6 Å². The smallest absolute Gasteiger partial charge is 0.345 e. The van der Waals surface area contributed by atoms with E-state index in [0.29, 0.717) is 32.4 Å². The van der Waals surface area contributed by atoms with E-state index in [0.717, 1.165) is 25.9 Å². The van der Waals surface area contributed by atoms with Gasteiger partial charge in [0.1, 0.15) is 15.7 Å². The fraction of sp³-hybridized carbons (Fsp3) is 1.00. The van der Waals surface area contributed by atoms with Gasteiger partial charge in [0.05, 0.1) is 31.5 Å². The third-order valence-corrected chi connectivity index (χ3v) is 8.97. The third-order valence-electron chi connectivity index (χ3n) is 6.43. The number of hydrogen-bond acceptors (Lipinski definition) is 6. The van der Waals surface area contributed by atoms with Gasteiger partial charge in [0.2, 0.25) is 0 Å². The topological polar surface area (TPSA) is 63.7 Å². The van der Waals surface area contributed by atoms with Crippen molar-refractivity contribution in [3.8, 4) is 0 Å². The molecule has 0 radical (unpaired) electrons. The third kappa shape index (κ3) is 7.54. The first-order chi connectivity index (χ1) is 14.8. The molecule has 5 unspecified atom stereocenters. The Hall–Kier alpha value is 0.0799. The number of rotatable bonds is 8. The molecule has 0 amide bonds. The molecule has 3 fully saturated rings. The Balaban J connectivity index is 1.57. The molecule has 31 heavy (non-hydrogen) atoms. The van der Waals surface area contributed by atoms with E-state index < -0.39 is 7.67 Å². The van der Waals surface area contributed by atoms with Crippen molar-refractivity contribution in [2.24, 2.45) is 0 Å². The molecule has 2 saturated heterocycles. The lowest BCUT2D eigenvalue weighted by atomic mass is 9.98. The first-order valence-electron chi connectivity index (χ1n) is 12.0. The van der Waals surface area contributed by atoms with Crippen LogP contribution in [0.25, 0.3) is 0 Å². The van der Waals surface area contributed by atoms with Gasteiger partial charge in [0.25, 0.3) is 0 Å². The highest BCUT2D eigenvalue weighted by molar-refractivity contribution is 7.53. The van der Waals surface area contributed by atoms with Crippen LogP contribution in [0.4, 0.5) is 0 Å². The van der Waals surface area contributed by atoms with Gasteiger partial charge < -0.3 is 23.6 Å². The molecule has 0 aromatic carbocycles. The minimum atomic E-state index is -3.18. The average Bonchev–Trinajstić information content (AvgIpc) is 2.98. The van der Waals surface area contributed by atoms with Crippen LogP contribution < -0.4 is 0 Å². The number of hydrogen-bond donors (Lipinski definition) is 0. The van der Waals surface area contributed by atoms with Gasteiger partial charge in [0.15, 0.2) is 0 Å². The summed E-state index contributed by atoms with van der Waals surface area (Å²) in [5.74, 6) is 0. The average molecular weight is 457 g/mol. The Morgan fingerprint density at radius 3 is 2.16 bits per heavy atom. The number of ether oxygens (including phenoxy) is 3. The summed E-state index contributed by atoms with van der Waals surface area (Å²) in [5, 5.41) is 0. The quantitative estimate of drug-likeness (QED) is 0.295. The molecule has 11 heteroatoms. The van der Waals surface area contributed by atoms with Crippen LogP contribution in [0.2, 0.25) is 0 Å². The molecule has 3 aliphatic rings. The Morgan fingerprint density at radius 2 is 1.55 bits per heavy atom. The van der Waals surface area contributed by atoms with Crippen LogP contribution in [0.3, 0.4) is 0 Å². The second kappa shape index (κ2) is 12.0. The van der Waals surface area contributed by atoms with E-state index >= 15 is 0 Å². The SMILES string of the molecule is BC1CN(C)CC(COP(=O)(N(C)C)N2CC(B)OC(COC3CCCCCC3)C2)O1. The van der Waals surface area contributed by atoms with Crippen molar-refractivity contribution in [3.05, 3.63) is 0 Å². The van der Waals surface area contributed by atoms with Gasteiger partial charge >= 0.3 is 7.67 Å². The maximum Gasteiger partial charge on any atom is 0.345 e. The van der Waals surface area contributed by atoms with Crippen LogP contribution >= 0.6 is 7.67 Å². The van der Waals surface area contributed by atoms with Gasteiger partial charge in [-0.3, -0.25) is 4.57 Å². The van der Waals surface area contributed by atoms with Crippen LogP contribution in [0.1, 0.15) is 38.5 Å². The lowest BCUT2D eigenvalue weighted by molar-refractivity contribution is -0.0911. The van der Waals surface area contributed by atoms with Crippen LogP contribution in [0.15, 0.2) is 0 Å². The maximum atomic E-state index is 14.0. The van der Waals surface area contributed by atoms with Gasteiger partial charge in [-0.1, -0.05) is 25.7 Å². The first-order valence-corrected chi connectivity index (χ1v) is 13.6. The van der Waals surface area contributed by atoms with E-state index in [9.17, 15) is 4.57 Å². The van der Waals surface area contributed by atoms with Crippen molar-refractivity contribution in [2.45, 2.75) is 68.8 Å². The first kappa shape index (κ1) is 25.7. The van der Waals surface area contributed by atoms with Crippen molar-refractivity contribution >= 4 is 23.4 Å². The molecule has 178 valence electrons. The Kier molecular flexibility index (Phi) is 9.93. The summed E-state index contributed by atoms with van der Waals surface area (Å²) in [6.07, 6.45) is 7.56. The number of morpholine rings is 2. The molecule has 2 aliphatic heterocycles. The van der Waals surface area contributed by atoms with Crippen molar-refractivity contribution in [1.82, 2.24) is 14.2 Å². The molecule has 0 spiro atoms. The summed E-state index contributed by atoms with van der Waals surface area (Å²) in [7, 11) is 6.66. The monoisotopic (exact) mass is 457 g/mol. The van der Waals surface area contributed by atoms with E-state index in [2.05, 4.69) is 19.8 Å². The predicted molar refractivity (Wildman–Crippen MR) is 128 cm³/mol. The molecule has 5 atom stereocenters. The van der Waals surface area contributed by atoms with Crippen LogP contribution in [0.5, 0.6) is 0 Å². The molecular formula is C20H42B2N3O5P. The largest absolute Gasteiger partial charge is 0.379 e. The van der Waals surface area contributed by atoms with E-state index in [4.69, 9.17) is 18.7 Å². The predicted octanol–water partition coefficient (Wildman–Crippen LogP) is 0.362. The normalized spacial score (nSPS) is 34.5. The molecule has 1 aliphatic carbocycles. The second-order valence-electron chi connectivity index (χ2n) is 9.81. The van der Waals surface area contributed by atoms with Crippen molar-refractivity contribution in [2.75, 3.05) is 60.5 Å². The van der Waals surface area contributed by atoms with Gasteiger partial charge in [-0.25, -0.2) is 9.34 Å². The zero-order chi connectivity index (χ0) is 22.4.